The fourth-order valence-corrected chi connectivity index (χ4v) is 0.900. The molecule has 0 unspecified atom stereocenters. The van der Waals surface area contributed by atoms with Gasteiger partial charge in [0.1, 0.15) is 6.61 Å². The van der Waals surface area contributed by atoms with Crippen LogP contribution in [0, 0.1) is 0 Å². The Kier molecular flexibility index (Phi) is 28.6. The van der Waals surface area contributed by atoms with Gasteiger partial charge in [-0.15, -0.1) is 0 Å². The zero-order chi connectivity index (χ0) is 14.8. The average Bonchev–Trinajstić information content (AvgIpc) is 2.36. The normalized spacial score (nSPS) is 9.20. The summed E-state index contributed by atoms with van der Waals surface area (Å²) in [4.78, 5) is 0. The van der Waals surface area contributed by atoms with Crippen LogP contribution in [0.3, 0.4) is 0 Å². The summed E-state index contributed by atoms with van der Waals surface area (Å²) in [6.07, 6.45) is 1.25. The lowest BCUT2D eigenvalue weighted by molar-refractivity contribution is 0.00604. The molecular formula is C15H37NO4. The standard InChI is InChI=1S/C11H23NO4.C3H8.CH4.H2/c1-11(2)16-10-9-15-8-7-14-6-5-13-4-3-12;1-3-2;;/h1,3-10,12H2,2H3;3H2,1-2H3;1H4;1H. The molecule has 0 bridgehead atoms. The van der Waals surface area contributed by atoms with E-state index in [0.29, 0.717) is 58.6 Å². The van der Waals surface area contributed by atoms with Gasteiger partial charge < -0.3 is 24.7 Å². The van der Waals surface area contributed by atoms with Crippen LogP contribution in [0.25, 0.3) is 0 Å². The SMILES string of the molecule is C.C=C(C)OCCOCCOCCOCCN.CCC.[HH]. The molecule has 0 rings (SSSR count). The van der Waals surface area contributed by atoms with Crippen LogP contribution >= 0.6 is 0 Å². The molecule has 2 N–H and O–H groups in total. The largest absolute Gasteiger partial charge is 0.496 e. The first kappa shape index (κ1) is 24.4. The van der Waals surface area contributed by atoms with Crippen molar-refractivity contribution >= 4 is 0 Å². The second-order valence-electron chi connectivity index (χ2n) is 3.88. The van der Waals surface area contributed by atoms with Crippen LogP contribution in [0.1, 0.15) is 36.0 Å². The Hall–Kier alpha value is -0.620. The van der Waals surface area contributed by atoms with Gasteiger partial charge in [0.15, 0.2) is 0 Å². The van der Waals surface area contributed by atoms with E-state index >= 15 is 0 Å². The fourth-order valence-electron chi connectivity index (χ4n) is 0.900. The average molecular weight is 295 g/mol. The Labute approximate surface area is 126 Å². The second kappa shape index (κ2) is 23.5. The molecule has 5 heteroatoms. The van der Waals surface area contributed by atoms with Crippen molar-refractivity contribution in [2.75, 3.05) is 52.8 Å². The molecule has 0 aliphatic carbocycles. The van der Waals surface area contributed by atoms with E-state index in [4.69, 9.17) is 24.7 Å². The predicted molar refractivity (Wildman–Crippen MR) is 87.1 cm³/mol. The summed E-state index contributed by atoms with van der Waals surface area (Å²) in [5.41, 5.74) is 5.25. The lowest BCUT2D eigenvalue weighted by atomic mass is 10.6. The molecule has 0 fully saturated rings. The lowest BCUT2D eigenvalue weighted by Gasteiger charge is -2.07. The van der Waals surface area contributed by atoms with E-state index < -0.39 is 0 Å². The van der Waals surface area contributed by atoms with Crippen molar-refractivity contribution in [2.24, 2.45) is 5.73 Å². The zero-order valence-electron chi connectivity index (χ0n) is 12.8. The van der Waals surface area contributed by atoms with Crippen LogP contribution in [0.4, 0.5) is 0 Å². The Morgan fingerprint density at radius 1 is 0.900 bits per heavy atom. The first-order chi connectivity index (χ1) is 9.18. The Morgan fingerprint density at radius 2 is 1.25 bits per heavy atom. The van der Waals surface area contributed by atoms with Crippen LogP contribution < -0.4 is 5.73 Å². The quantitative estimate of drug-likeness (QED) is 0.443. The molecule has 5 nitrogen and oxygen atoms in total. The third-order valence-corrected chi connectivity index (χ3v) is 1.58. The van der Waals surface area contributed by atoms with Gasteiger partial charge in [0.25, 0.3) is 0 Å². The highest BCUT2D eigenvalue weighted by Crippen LogP contribution is 1.89. The van der Waals surface area contributed by atoms with Crippen molar-refractivity contribution < 1.29 is 20.4 Å². The van der Waals surface area contributed by atoms with Gasteiger partial charge in [-0.2, -0.15) is 0 Å². The summed E-state index contributed by atoms with van der Waals surface area (Å²) in [7, 11) is 0. The molecule has 0 amide bonds. The Bertz CT molecular complexity index is 183. The molecule has 0 saturated heterocycles. The number of allylic oxidation sites excluding steroid dienone is 1. The molecular weight excluding hydrogens is 258 g/mol. The monoisotopic (exact) mass is 295 g/mol. The van der Waals surface area contributed by atoms with Gasteiger partial charge in [-0.05, 0) is 6.92 Å². The number of hydrogen-bond donors (Lipinski definition) is 1. The smallest absolute Gasteiger partial charge is 0.111 e. The van der Waals surface area contributed by atoms with E-state index in [1.165, 1.54) is 6.42 Å². The van der Waals surface area contributed by atoms with Gasteiger partial charge in [-0.25, -0.2) is 0 Å². The van der Waals surface area contributed by atoms with E-state index in [1.54, 1.807) is 0 Å². The van der Waals surface area contributed by atoms with Gasteiger partial charge >= 0.3 is 0 Å². The molecule has 0 aromatic carbocycles. The molecule has 126 valence electrons. The highest BCUT2D eigenvalue weighted by molar-refractivity contribution is 4.72. The van der Waals surface area contributed by atoms with Crippen LogP contribution in [0.15, 0.2) is 12.3 Å². The van der Waals surface area contributed by atoms with Crippen LogP contribution in [0.5, 0.6) is 0 Å². The molecule has 0 heterocycles. The Balaban J connectivity index is -0.000000264. The van der Waals surface area contributed by atoms with Gasteiger partial charge in [0.2, 0.25) is 0 Å². The molecule has 0 aromatic heterocycles. The third-order valence-electron chi connectivity index (χ3n) is 1.58. The summed E-state index contributed by atoms with van der Waals surface area (Å²) in [5.74, 6) is 0.705. The van der Waals surface area contributed by atoms with Gasteiger partial charge in [-0.3, -0.25) is 0 Å². The van der Waals surface area contributed by atoms with E-state index in [2.05, 4.69) is 20.4 Å². The highest BCUT2D eigenvalue weighted by atomic mass is 16.6. The van der Waals surface area contributed by atoms with Gasteiger partial charge in [-0.1, -0.05) is 34.3 Å². The minimum Gasteiger partial charge on any atom is -0.496 e. The van der Waals surface area contributed by atoms with Crippen molar-refractivity contribution in [3.8, 4) is 0 Å². The van der Waals surface area contributed by atoms with Crippen molar-refractivity contribution in [2.45, 2.75) is 34.6 Å². The number of hydrogen-bond acceptors (Lipinski definition) is 5. The fraction of sp³-hybridized carbons (Fsp3) is 0.867. The molecule has 0 aliphatic rings. The number of nitrogens with two attached hydrogens (primary N) is 1. The zero-order valence-corrected chi connectivity index (χ0v) is 12.8. The molecule has 0 atom stereocenters. The van der Waals surface area contributed by atoms with Crippen LogP contribution in [-0.4, -0.2) is 52.8 Å². The first-order valence-electron chi connectivity index (χ1n) is 6.90. The molecule has 20 heavy (non-hydrogen) atoms. The summed E-state index contributed by atoms with van der Waals surface area (Å²) in [6, 6.07) is 0. The summed E-state index contributed by atoms with van der Waals surface area (Å²) in [6.45, 7) is 14.2. The predicted octanol–water partition coefficient (Wildman–Crippen LogP) is 2.84. The molecule has 0 radical (unpaired) electrons. The van der Waals surface area contributed by atoms with Crippen molar-refractivity contribution in [1.29, 1.82) is 0 Å². The van der Waals surface area contributed by atoms with Crippen molar-refractivity contribution in [1.82, 2.24) is 0 Å². The number of ether oxygens (including phenoxy) is 4. The molecule has 0 aliphatic heterocycles. The summed E-state index contributed by atoms with van der Waals surface area (Å²) < 4.78 is 20.8. The van der Waals surface area contributed by atoms with E-state index in [9.17, 15) is 0 Å². The van der Waals surface area contributed by atoms with Gasteiger partial charge in [0, 0.05) is 7.97 Å². The first-order valence-corrected chi connectivity index (χ1v) is 6.90. The molecule has 0 spiro atoms. The van der Waals surface area contributed by atoms with Gasteiger partial charge in [0.05, 0.1) is 45.4 Å². The topological polar surface area (TPSA) is 62.9 Å². The van der Waals surface area contributed by atoms with Crippen molar-refractivity contribution in [3.63, 3.8) is 0 Å². The maximum absolute atomic E-state index is 5.26. The molecule has 0 saturated carbocycles. The summed E-state index contributed by atoms with van der Waals surface area (Å²) in [5, 5.41) is 0. The maximum Gasteiger partial charge on any atom is 0.111 e. The third kappa shape index (κ3) is 30.4. The van der Waals surface area contributed by atoms with Crippen LogP contribution in [0.2, 0.25) is 0 Å². The van der Waals surface area contributed by atoms with E-state index in [-0.39, 0.29) is 8.85 Å². The molecule has 0 aromatic rings. The summed E-state index contributed by atoms with van der Waals surface area (Å²) >= 11 is 0. The Morgan fingerprint density at radius 3 is 1.60 bits per heavy atom. The van der Waals surface area contributed by atoms with Crippen molar-refractivity contribution in [3.05, 3.63) is 12.3 Å². The van der Waals surface area contributed by atoms with E-state index in [1.807, 2.05) is 6.92 Å². The number of rotatable bonds is 12. The minimum absolute atomic E-state index is 0. The maximum atomic E-state index is 5.26. The van der Waals surface area contributed by atoms with Crippen LogP contribution in [-0.2, 0) is 18.9 Å². The highest BCUT2D eigenvalue weighted by Gasteiger charge is 1.91. The lowest BCUT2D eigenvalue weighted by Crippen LogP contribution is -2.14. The van der Waals surface area contributed by atoms with E-state index in [0.717, 1.165) is 0 Å². The second-order valence-corrected chi connectivity index (χ2v) is 3.88. The minimum atomic E-state index is 0.